The quantitative estimate of drug-likeness (QED) is 0.711. The van der Waals surface area contributed by atoms with Gasteiger partial charge in [-0.1, -0.05) is 24.3 Å². The number of fused-ring (bicyclic) bond motifs is 1. The van der Waals surface area contributed by atoms with Gasteiger partial charge in [0.25, 0.3) is 11.8 Å². The van der Waals surface area contributed by atoms with E-state index in [-0.39, 0.29) is 23.3 Å². The molecule has 0 bridgehead atoms. The number of benzene rings is 1. The summed E-state index contributed by atoms with van der Waals surface area (Å²) in [5, 5.41) is 5.64. The van der Waals surface area contributed by atoms with Crippen LogP contribution in [-0.4, -0.2) is 53.3 Å². The van der Waals surface area contributed by atoms with Crippen LogP contribution in [0.25, 0.3) is 5.52 Å². The van der Waals surface area contributed by atoms with Crippen LogP contribution in [-0.2, 0) is 0 Å². The van der Waals surface area contributed by atoms with Crippen LogP contribution >= 0.6 is 0 Å². The Bertz CT molecular complexity index is 918. The number of aromatic nitrogens is 2. The second-order valence-corrected chi connectivity index (χ2v) is 6.12. The van der Waals surface area contributed by atoms with Gasteiger partial charge in [-0.2, -0.15) is 0 Å². The van der Waals surface area contributed by atoms with Crippen LogP contribution in [0.15, 0.2) is 54.7 Å². The number of nitrogens with zero attached hydrogens (tertiary/aromatic N) is 3. The second-order valence-electron chi connectivity index (χ2n) is 6.12. The van der Waals surface area contributed by atoms with Crippen LogP contribution in [0.1, 0.15) is 21.1 Å². The molecule has 2 heterocycles. The molecule has 26 heavy (non-hydrogen) atoms. The standard InChI is InChI=1S/C19H21N5O2/c1-23(2)13-11-20-18(25)16-15-10-6-7-12-24(15)17(22-16)19(26)21-14-8-4-3-5-9-14/h3-10,12H,11,13H2,1-2H3,(H,20,25)(H,21,26). The first-order chi connectivity index (χ1) is 12.6. The Morgan fingerprint density at radius 2 is 1.77 bits per heavy atom. The SMILES string of the molecule is CN(C)CCNC(=O)c1nc(C(=O)Nc2ccccc2)n2ccccc12. The fourth-order valence-electron chi connectivity index (χ4n) is 2.55. The third-order valence-corrected chi connectivity index (χ3v) is 3.84. The Kier molecular flexibility index (Phi) is 5.28. The van der Waals surface area contributed by atoms with Crippen molar-refractivity contribution in [1.82, 2.24) is 19.6 Å². The van der Waals surface area contributed by atoms with Gasteiger partial charge in [0, 0.05) is 25.0 Å². The number of hydrogen-bond acceptors (Lipinski definition) is 4. The highest BCUT2D eigenvalue weighted by Gasteiger charge is 2.21. The van der Waals surface area contributed by atoms with E-state index < -0.39 is 0 Å². The Morgan fingerprint density at radius 1 is 1.04 bits per heavy atom. The van der Waals surface area contributed by atoms with E-state index in [1.54, 1.807) is 34.9 Å². The lowest BCUT2D eigenvalue weighted by Gasteiger charge is -2.09. The molecule has 0 radical (unpaired) electrons. The van der Waals surface area contributed by atoms with Crippen molar-refractivity contribution in [2.75, 3.05) is 32.5 Å². The molecule has 3 rings (SSSR count). The van der Waals surface area contributed by atoms with Gasteiger partial charge < -0.3 is 15.5 Å². The Hall–Kier alpha value is -3.19. The average molecular weight is 351 g/mol. The zero-order chi connectivity index (χ0) is 18.5. The summed E-state index contributed by atoms with van der Waals surface area (Å²) < 4.78 is 1.62. The Balaban J connectivity index is 1.87. The van der Waals surface area contributed by atoms with Gasteiger partial charge in [0.05, 0.1) is 5.52 Å². The van der Waals surface area contributed by atoms with Crippen molar-refractivity contribution in [3.63, 3.8) is 0 Å². The van der Waals surface area contributed by atoms with Gasteiger partial charge in [0.2, 0.25) is 5.82 Å². The van der Waals surface area contributed by atoms with Crippen molar-refractivity contribution in [2.24, 2.45) is 0 Å². The smallest absolute Gasteiger partial charge is 0.292 e. The van der Waals surface area contributed by atoms with E-state index in [1.807, 2.05) is 43.3 Å². The maximum atomic E-state index is 12.6. The van der Waals surface area contributed by atoms with Crippen LogP contribution in [0, 0.1) is 0 Å². The molecule has 0 aliphatic rings. The highest BCUT2D eigenvalue weighted by atomic mass is 16.2. The van der Waals surface area contributed by atoms with Crippen LogP contribution < -0.4 is 10.6 Å². The fourth-order valence-corrected chi connectivity index (χ4v) is 2.55. The molecule has 0 atom stereocenters. The molecule has 134 valence electrons. The van der Waals surface area contributed by atoms with E-state index in [2.05, 4.69) is 15.6 Å². The molecule has 0 aliphatic heterocycles. The van der Waals surface area contributed by atoms with Gasteiger partial charge in [0.1, 0.15) is 0 Å². The van der Waals surface area contributed by atoms with Crippen LogP contribution in [0.5, 0.6) is 0 Å². The van der Waals surface area contributed by atoms with Crippen molar-refractivity contribution in [2.45, 2.75) is 0 Å². The number of imidazole rings is 1. The highest BCUT2D eigenvalue weighted by molar-refractivity contribution is 6.06. The lowest BCUT2D eigenvalue weighted by Crippen LogP contribution is -2.31. The van der Waals surface area contributed by atoms with E-state index in [0.717, 1.165) is 6.54 Å². The van der Waals surface area contributed by atoms with Gasteiger partial charge >= 0.3 is 0 Å². The molecule has 2 aromatic heterocycles. The second kappa shape index (κ2) is 7.79. The molecular weight excluding hydrogens is 330 g/mol. The van der Waals surface area contributed by atoms with Crippen molar-refractivity contribution < 1.29 is 9.59 Å². The zero-order valence-corrected chi connectivity index (χ0v) is 14.8. The predicted molar refractivity (Wildman–Crippen MR) is 100 cm³/mol. The summed E-state index contributed by atoms with van der Waals surface area (Å²) >= 11 is 0. The number of likely N-dealkylation sites (N-methyl/N-ethyl adjacent to an activating group) is 1. The summed E-state index contributed by atoms with van der Waals surface area (Å²) in [4.78, 5) is 31.4. The van der Waals surface area contributed by atoms with Gasteiger partial charge in [-0.25, -0.2) is 4.98 Å². The van der Waals surface area contributed by atoms with Gasteiger partial charge in [-0.05, 0) is 38.4 Å². The van der Waals surface area contributed by atoms with Gasteiger partial charge in [-0.15, -0.1) is 0 Å². The summed E-state index contributed by atoms with van der Waals surface area (Å²) in [6, 6.07) is 14.5. The number of anilines is 1. The summed E-state index contributed by atoms with van der Waals surface area (Å²) in [5.74, 6) is -0.499. The van der Waals surface area contributed by atoms with Crippen molar-refractivity contribution in [3.8, 4) is 0 Å². The van der Waals surface area contributed by atoms with E-state index in [9.17, 15) is 9.59 Å². The number of hydrogen-bond donors (Lipinski definition) is 2. The third kappa shape index (κ3) is 3.89. The molecule has 3 aromatic rings. The fraction of sp³-hybridized carbons (Fsp3) is 0.211. The summed E-state index contributed by atoms with van der Waals surface area (Å²) in [7, 11) is 3.87. The number of pyridine rings is 1. The molecular formula is C19H21N5O2. The van der Waals surface area contributed by atoms with E-state index in [4.69, 9.17) is 0 Å². The predicted octanol–water partition coefficient (Wildman–Crippen LogP) is 1.88. The molecule has 2 amide bonds. The summed E-state index contributed by atoms with van der Waals surface area (Å²) in [6.45, 7) is 1.22. The normalized spacial score (nSPS) is 10.9. The zero-order valence-electron chi connectivity index (χ0n) is 14.8. The minimum atomic E-state index is -0.371. The van der Waals surface area contributed by atoms with Crippen LogP contribution in [0.3, 0.4) is 0 Å². The molecule has 7 heteroatoms. The first-order valence-corrected chi connectivity index (χ1v) is 8.32. The monoisotopic (exact) mass is 351 g/mol. The maximum absolute atomic E-state index is 12.6. The number of carbonyl (C=O) groups excluding carboxylic acids is 2. The molecule has 1 aromatic carbocycles. The molecule has 0 aliphatic carbocycles. The van der Waals surface area contributed by atoms with Crippen LogP contribution in [0.2, 0.25) is 0 Å². The van der Waals surface area contributed by atoms with E-state index >= 15 is 0 Å². The summed E-state index contributed by atoms with van der Waals surface area (Å²) in [6.07, 6.45) is 1.72. The lowest BCUT2D eigenvalue weighted by molar-refractivity contribution is 0.0948. The lowest BCUT2D eigenvalue weighted by atomic mass is 10.3. The minimum Gasteiger partial charge on any atom is -0.349 e. The highest BCUT2D eigenvalue weighted by Crippen LogP contribution is 2.15. The molecule has 0 saturated carbocycles. The van der Waals surface area contributed by atoms with Crippen LogP contribution in [0.4, 0.5) is 5.69 Å². The number of amides is 2. The Morgan fingerprint density at radius 3 is 2.50 bits per heavy atom. The first-order valence-electron chi connectivity index (χ1n) is 8.32. The number of rotatable bonds is 6. The van der Waals surface area contributed by atoms with Gasteiger partial charge in [-0.3, -0.25) is 14.0 Å². The van der Waals surface area contributed by atoms with Crippen molar-refractivity contribution in [1.29, 1.82) is 0 Å². The van der Waals surface area contributed by atoms with Crippen molar-refractivity contribution >= 4 is 23.0 Å². The molecule has 2 N–H and O–H groups in total. The molecule has 0 saturated heterocycles. The van der Waals surface area contributed by atoms with Crippen molar-refractivity contribution in [3.05, 3.63) is 66.2 Å². The third-order valence-electron chi connectivity index (χ3n) is 3.84. The average Bonchev–Trinajstić information content (AvgIpc) is 3.02. The maximum Gasteiger partial charge on any atom is 0.292 e. The van der Waals surface area contributed by atoms with E-state index in [0.29, 0.717) is 17.7 Å². The largest absolute Gasteiger partial charge is 0.349 e. The number of carbonyl (C=O) groups is 2. The molecule has 0 fully saturated rings. The Labute approximate surface area is 151 Å². The topological polar surface area (TPSA) is 78.7 Å². The molecule has 7 nitrogen and oxygen atoms in total. The van der Waals surface area contributed by atoms with Gasteiger partial charge in [0.15, 0.2) is 5.69 Å². The molecule has 0 unspecified atom stereocenters. The van der Waals surface area contributed by atoms with E-state index in [1.165, 1.54) is 0 Å². The minimum absolute atomic E-state index is 0.169. The number of para-hydroxylation sites is 1. The summed E-state index contributed by atoms with van der Waals surface area (Å²) in [5.41, 5.74) is 1.50. The molecule has 0 spiro atoms. The number of nitrogens with one attached hydrogen (secondary N) is 2. The first kappa shape index (κ1) is 17.6.